The van der Waals surface area contributed by atoms with Gasteiger partial charge in [0.2, 0.25) is 0 Å². The van der Waals surface area contributed by atoms with Gasteiger partial charge in [-0.05, 0) is 42.0 Å². The Labute approximate surface area is 153 Å². The Morgan fingerprint density at radius 2 is 1.81 bits per heavy atom. The molecule has 0 saturated carbocycles. The summed E-state index contributed by atoms with van der Waals surface area (Å²) in [5, 5.41) is 11.9. The molecule has 0 fully saturated rings. The van der Waals surface area contributed by atoms with Crippen molar-refractivity contribution in [2.45, 2.75) is 6.42 Å². The predicted octanol–water partition coefficient (Wildman–Crippen LogP) is 3.28. The predicted molar refractivity (Wildman–Crippen MR) is 101 cm³/mol. The Hall–Kier alpha value is -3.87. The Balaban J connectivity index is 1.96. The van der Waals surface area contributed by atoms with Gasteiger partial charge in [0, 0.05) is 48.1 Å². The number of hydrogen-bond acceptors (Lipinski definition) is 5. The van der Waals surface area contributed by atoms with Gasteiger partial charge in [-0.25, -0.2) is 4.98 Å². The van der Waals surface area contributed by atoms with Crippen molar-refractivity contribution < 1.29 is 4.92 Å². The van der Waals surface area contributed by atoms with Gasteiger partial charge in [0.15, 0.2) is 0 Å². The number of nitro benzene ring substituents is 1. The van der Waals surface area contributed by atoms with Gasteiger partial charge < -0.3 is 0 Å². The third kappa shape index (κ3) is 3.18. The van der Waals surface area contributed by atoms with Crippen LogP contribution in [0.2, 0.25) is 0 Å². The molecular weight excluding hydrogens is 344 g/mol. The molecule has 0 atom stereocenters. The molecule has 0 saturated heterocycles. The largest absolute Gasteiger partial charge is 0.271 e. The second-order valence-electron chi connectivity index (χ2n) is 6.04. The topological polar surface area (TPSA) is 90.9 Å². The SMILES string of the molecule is O=c1c(Cc2ccncc2)cc2cccnc2n1-c1cccc([N+](=O)[O-])c1. The van der Waals surface area contributed by atoms with Crippen molar-refractivity contribution in [1.82, 2.24) is 14.5 Å². The van der Waals surface area contributed by atoms with Gasteiger partial charge in [0.1, 0.15) is 5.65 Å². The van der Waals surface area contributed by atoms with Crippen LogP contribution in [0.4, 0.5) is 5.69 Å². The van der Waals surface area contributed by atoms with Crippen LogP contribution in [0.25, 0.3) is 16.7 Å². The lowest BCUT2D eigenvalue weighted by Gasteiger charge is -2.12. The summed E-state index contributed by atoms with van der Waals surface area (Å²) in [6.07, 6.45) is 5.38. The van der Waals surface area contributed by atoms with Crippen LogP contribution in [0.1, 0.15) is 11.1 Å². The van der Waals surface area contributed by atoms with Gasteiger partial charge >= 0.3 is 0 Å². The molecular formula is C20H14N4O3. The molecule has 27 heavy (non-hydrogen) atoms. The van der Waals surface area contributed by atoms with Crippen molar-refractivity contribution in [3.63, 3.8) is 0 Å². The van der Waals surface area contributed by atoms with Crippen molar-refractivity contribution >= 4 is 16.7 Å². The van der Waals surface area contributed by atoms with E-state index in [0.29, 0.717) is 23.3 Å². The molecule has 0 amide bonds. The fourth-order valence-corrected chi connectivity index (χ4v) is 3.03. The zero-order chi connectivity index (χ0) is 18.8. The third-order valence-electron chi connectivity index (χ3n) is 4.28. The highest BCUT2D eigenvalue weighted by molar-refractivity contribution is 5.77. The van der Waals surface area contributed by atoms with E-state index in [1.807, 2.05) is 24.3 Å². The molecule has 132 valence electrons. The van der Waals surface area contributed by atoms with E-state index in [9.17, 15) is 14.9 Å². The molecule has 4 rings (SSSR count). The first-order valence-corrected chi connectivity index (χ1v) is 8.27. The maximum Gasteiger partial charge on any atom is 0.271 e. The number of non-ortho nitro benzene ring substituents is 1. The molecule has 0 N–H and O–H groups in total. The molecule has 0 aliphatic carbocycles. The summed E-state index contributed by atoms with van der Waals surface area (Å²) in [6, 6.07) is 15.2. The lowest BCUT2D eigenvalue weighted by Crippen LogP contribution is -2.23. The normalized spacial score (nSPS) is 10.8. The minimum atomic E-state index is -0.481. The number of benzene rings is 1. The maximum atomic E-state index is 13.2. The fraction of sp³-hybridized carbons (Fsp3) is 0.0500. The van der Waals surface area contributed by atoms with E-state index in [1.165, 1.54) is 16.7 Å². The van der Waals surface area contributed by atoms with Crippen LogP contribution in [0, 0.1) is 10.1 Å². The average molecular weight is 358 g/mol. The van der Waals surface area contributed by atoms with E-state index in [0.717, 1.165) is 10.9 Å². The number of hydrogen-bond donors (Lipinski definition) is 0. The van der Waals surface area contributed by atoms with E-state index in [1.54, 1.807) is 36.8 Å². The highest BCUT2D eigenvalue weighted by Gasteiger charge is 2.15. The Morgan fingerprint density at radius 1 is 1.00 bits per heavy atom. The zero-order valence-electron chi connectivity index (χ0n) is 14.1. The molecule has 7 heteroatoms. The molecule has 4 aromatic rings. The van der Waals surface area contributed by atoms with Crippen LogP contribution in [-0.4, -0.2) is 19.5 Å². The first-order valence-electron chi connectivity index (χ1n) is 8.27. The summed E-state index contributed by atoms with van der Waals surface area (Å²) in [4.78, 5) is 32.2. The maximum absolute atomic E-state index is 13.2. The Morgan fingerprint density at radius 3 is 2.59 bits per heavy atom. The molecule has 7 nitrogen and oxygen atoms in total. The quantitative estimate of drug-likeness (QED) is 0.412. The number of nitrogens with zero attached hydrogens (tertiary/aromatic N) is 4. The highest BCUT2D eigenvalue weighted by atomic mass is 16.6. The Bertz CT molecular complexity index is 1200. The monoisotopic (exact) mass is 358 g/mol. The van der Waals surface area contributed by atoms with E-state index in [-0.39, 0.29) is 11.2 Å². The van der Waals surface area contributed by atoms with Crippen LogP contribution in [0.15, 0.2) is 78.0 Å². The van der Waals surface area contributed by atoms with Gasteiger partial charge in [-0.3, -0.25) is 24.5 Å². The summed E-state index contributed by atoms with van der Waals surface area (Å²) >= 11 is 0. The number of rotatable bonds is 4. The van der Waals surface area contributed by atoms with Crippen molar-refractivity contribution in [1.29, 1.82) is 0 Å². The second kappa shape index (κ2) is 6.80. The summed E-state index contributed by atoms with van der Waals surface area (Å²) < 4.78 is 1.43. The lowest BCUT2D eigenvalue weighted by molar-refractivity contribution is -0.384. The summed E-state index contributed by atoms with van der Waals surface area (Å²) in [6.45, 7) is 0. The molecule has 0 aliphatic heterocycles. The first kappa shape index (κ1) is 16.6. The first-order chi connectivity index (χ1) is 13.1. The molecule has 1 aromatic carbocycles. The summed E-state index contributed by atoms with van der Waals surface area (Å²) in [5.41, 5.74) is 2.07. The molecule has 0 aliphatic rings. The van der Waals surface area contributed by atoms with Crippen LogP contribution in [0.3, 0.4) is 0 Å². The summed E-state index contributed by atoms with van der Waals surface area (Å²) in [7, 11) is 0. The number of pyridine rings is 3. The molecule has 0 spiro atoms. The van der Waals surface area contributed by atoms with Gasteiger partial charge in [-0.1, -0.05) is 6.07 Å². The van der Waals surface area contributed by atoms with Crippen LogP contribution >= 0.6 is 0 Å². The second-order valence-corrected chi connectivity index (χ2v) is 6.04. The van der Waals surface area contributed by atoms with Crippen molar-refractivity contribution in [3.8, 4) is 5.69 Å². The highest BCUT2D eigenvalue weighted by Crippen LogP contribution is 2.20. The zero-order valence-corrected chi connectivity index (χ0v) is 14.1. The Kier molecular flexibility index (Phi) is 4.18. The van der Waals surface area contributed by atoms with Crippen LogP contribution < -0.4 is 5.56 Å². The van der Waals surface area contributed by atoms with Crippen molar-refractivity contribution in [2.24, 2.45) is 0 Å². The van der Waals surface area contributed by atoms with Crippen LogP contribution in [0.5, 0.6) is 0 Å². The van der Waals surface area contributed by atoms with E-state index < -0.39 is 4.92 Å². The van der Waals surface area contributed by atoms with E-state index in [4.69, 9.17) is 0 Å². The minimum Gasteiger partial charge on any atom is -0.269 e. The smallest absolute Gasteiger partial charge is 0.269 e. The van der Waals surface area contributed by atoms with Gasteiger partial charge in [-0.2, -0.15) is 0 Å². The van der Waals surface area contributed by atoms with Crippen molar-refractivity contribution in [3.05, 3.63) is 105 Å². The third-order valence-corrected chi connectivity index (χ3v) is 4.28. The average Bonchev–Trinajstić information content (AvgIpc) is 2.69. The molecule has 0 radical (unpaired) electrons. The molecule has 0 bridgehead atoms. The molecule has 3 aromatic heterocycles. The minimum absolute atomic E-state index is 0.0805. The summed E-state index contributed by atoms with van der Waals surface area (Å²) in [5.74, 6) is 0. The van der Waals surface area contributed by atoms with Crippen LogP contribution in [-0.2, 0) is 6.42 Å². The van der Waals surface area contributed by atoms with Gasteiger partial charge in [-0.15, -0.1) is 0 Å². The molecule has 0 unspecified atom stereocenters. The number of aromatic nitrogens is 3. The van der Waals surface area contributed by atoms with Gasteiger partial charge in [0.25, 0.3) is 11.2 Å². The van der Waals surface area contributed by atoms with E-state index >= 15 is 0 Å². The number of nitro groups is 1. The fourth-order valence-electron chi connectivity index (χ4n) is 3.03. The van der Waals surface area contributed by atoms with E-state index in [2.05, 4.69) is 9.97 Å². The van der Waals surface area contributed by atoms with Crippen molar-refractivity contribution in [2.75, 3.05) is 0 Å². The standard InChI is InChI=1S/C20H14N4O3/c25-20-16(11-14-6-9-21-10-7-14)12-15-3-2-8-22-19(15)23(20)17-4-1-5-18(13-17)24(26)27/h1-10,12-13H,11H2. The lowest BCUT2D eigenvalue weighted by atomic mass is 10.1. The van der Waals surface area contributed by atoms with Gasteiger partial charge in [0.05, 0.1) is 10.6 Å². The molecule has 3 heterocycles. The number of fused-ring (bicyclic) bond motifs is 1.